The molecule has 0 unspecified atom stereocenters. The maximum atomic E-state index is 11.2. The highest BCUT2D eigenvalue weighted by atomic mass is 35.5. The van der Waals surface area contributed by atoms with E-state index in [-0.39, 0.29) is 12.2 Å². The van der Waals surface area contributed by atoms with Gasteiger partial charge >= 0.3 is 5.97 Å². The first-order valence-corrected chi connectivity index (χ1v) is 9.55. The molecular weight excluding hydrogens is 435 g/mol. The van der Waals surface area contributed by atoms with E-state index in [0.29, 0.717) is 32.1 Å². The highest BCUT2D eigenvalue weighted by molar-refractivity contribution is 6.44. The van der Waals surface area contributed by atoms with Gasteiger partial charge in [-0.05, 0) is 42.0 Å². The lowest BCUT2D eigenvalue weighted by Gasteiger charge is -2.11. The van der Waals surface area contributed by atoms with Gasteiger partial charge in [0.1, 0.15) is 12.4 Å². The van der Waals surface area contributed by atoms with E-state index in [1.807, 2.05) is 12.1 Å². The van der Waals surface area contributed by atoms with Crippen LogP contribution in [0.2, 0.25) is 15.1 Å². The van der Waals surface area contributed by atoms with Crippen molar-refractivity contribution in [1.82, 2.24) is 0 Å². The lowest BCUT2D eigenvalue weighted by molar-refractivity contribution is 0.0698. The monoisotopic (exact) mass is 448 g/mol. The maximum absolute atomic E-state index is 11.2. The number of carboxylic acid groups (broad SMARTS) is 1. The second-order valence-electron chi connectivity index (χ2n) is 5.90. The molecule has 5 nitrogen and oxygen atoms in total. The van der Waals surface area contributed by atoms with Crippen LogP contribution in [0.4, 0.5) is 5.69 Å². The minimum Gasteiger partial charge on any atom is -0.489 e. The van der Waals surface area contributed by atoms with Crippen molar-refractivity contribution >= 4 is 52.7 Å². The quantitative estimate of drug-likeness (QED) is 0.250. The third-order valence-electron chi connectivity index (χ3n) is 3.94. The van der Waals surface area contributed by atoms with Crippen LogP contribution in [0.5, 0.6) is 5.75 Å². The average Bonchev–Trinajstić information content (AvgIpc) is 2.71. The van der Waals surface area contributed by atoms with Crippen LogP contribution in [0.1, 0.15) is 21.5 Å². The van der Waals surface area contributed by atoms with Gasteiger partial charge in [-0.1, -0.05) is 59.1 Å². The first-order chi connectivity index (χ1) is 14.0. The average molecular weight is 450 g/mol. The van der Waals surface area contributed by atoms with Crippen LogP contribution in [0, 0.1) is 0 Å². The number of hydrogen-bond donors (Lipinski definition) is 2. The standard InChI is InChI=1S/C21H15Cl3N2O3/c22-17-8-9-18(23)20(24)16(17)12-29-14-5-3-4-13(10-14)11-25-26-19-7-2-1-6-15(19)21(27)28/h1-11,26H,12H2,(H,27,28)/b25-11+. The largest absolute Gasteiger partial charge is 0.489 e. The number of para-hydroxylation sites is 1. The number of hydrogen-bond acceptors (Lipinski definition) is 4. The van der Waals surface area contributed by atoms with Crippen LogP contribution in [0.3, 0.4) is 0 Å². The minimum atomic E-state index is -1.03. The molecule has 3 aromatic rings. The number of halogens is 3. The summed E-state index contributed by atoms with van der Waals surface area (Å²) < 4.78 is 5.78. The summed E-state index contributed by atoms with van der Waals surface area (Å²) in [5.41, 5.74) is 4.63. The lowest BCUT2D eigenvalue weighted by atomic mass is 10.2. The molecular formula is C21H15Cl3N2O3. The summed E-state index contributed by atoms with van der Waals surface area (Å²) in [4.78, 5) is 11.2. The van der Waals surface area contributed by atoms with Gasteiger partial charge in [0.05, 0.1) is 27.5 Å². The molecule has 0 radical (unpaired) electrons. The van der Waals surface area contributed by atoms with Crippen LogP contribution < -0.4 is 10.2 Å². The molecule has 2 N–H and O–H groups in total. The van der Waals surface area contributed by atoms with Gasteiger partial charge < -0.3 is 9.84 Å². The lowest BCUT2D eigenvalue weighted by Crippen LogP contribution is -2.02. The number of carboxylic acids is 1. The van der Waals surface area contributed by atoms with Crippen molar-refractivity contribution in [2.45, 2.75) is 6.61 Å². The van der Waals surface area contributed by atoms with Gasteiger partial charge in [0, 0.05) is 10.6 Å². The first-order valence-electron chi connectivity index (χ1n) is 8.42. The Morgan fingerprint density at radius 3 is 2.59 bits per heavy atom. The van der Waals surface area contributed by atoms with Gasteiger partial charge in [0.2, 0.25) is 0 Å². The molecule has 0 heterocycles. The summed E-state index contributed by atoms with van der Waals surface area (Å²) in [5, 5.41) is 14.5. The zero-order valence-corrected chi connectivity index (χ0v) is 17.2. The van der Waals surface area contributed by atoms with E-state index in [2.05, 4.69) is 10.5 Å². The number of aromatic carboxylic acids is 1. The number of nitrogens with zero attached hydrogens (tertiary/aromatic N) is 1. The highest BCUT2D eigenvalue weighted by Crippen LogP contribution is 2.32. The van der Waals surface area contributed by atoms with E-state index in [1.54, 1.807) is 48.7 Å². The number of nitrogens with one attached hydrogen (secondary N) is 1. The van der Waals surface area contributed by atoms with Crippen LogP contribution in [-0.2, 0) is 6.61 Å². The normalized spacial score (nSPS) is 10.9. The molecule has 0 amide bonds. The van der Waals surface area contributed by atoms with E-state index in [9.17, 15) is 9.90 Å². The van der Waals surface area contributed by atoms with Gasteiger partial charge in [-0.15, -0.1) is 0 Å². The summed E-state index contributed by atoms with van der Waals surface area (Å²) in [5.74, 6) is -0.441. The summed E-state index contributed by atoms with van der Waals surface area (Å²) in [6, 6.07) is 17.0. The van der Waals surface area contributed by atoms with Crippen LogP contribution in [0.15, 0.2) is 65.8 Å². The van der Waals surface area contributed by atoms with Gasteiger partial charge in [-0.25, -0.2) is 4.79 Å². The molecule has 8 heteroatoms. The second-order valence-corrected chi connectivity index (χ2v) is 7.10. The molecule has 0 aliphatic rings. The molecule has 0 aliphatic carbocycles. The fraction of sp³-hybridized carbons (Fsp3) is 0.0476. The van der Waals surface area contributed by atoms with Crippen LogP contribution >= 0.6 is 34.8 Å². The Hall–Kier alpha value is -2.73. The van der Waals surface area contributed by atoms with E-state index < -0.39 is 5.97 Å². The molecule has 0 aliphatic heterocycles. The summed E-state index contributed by atoms with van der Waals surface area (Å²) in [6.45, 7) is 0.156. The van der Waals surface area contributed by atoms with Gasteiger partial charge in [-0.2, -0.15) is 5.10 Å². The van der Waals surface area contributed by atoms with Crippen molar-refractivity contribution in [3.63, 3.8) is 0 Å². The molecule has 0 saturated heterocycles. The van der Waals surface area contributed by atoms with E-state index in [4.69, 9.17) is 39.5 Å². The Bertz CT molecular complexity index is 1070. The fourth-order valence-corrected chi connectivity index (χ4v) is 3.14. The van der Waals surface area contributed by atoms with Crippen molar-refractivity contribution in [3.8, 4) is 5.75 Å². The van der Waals surface area contributed by atoms with E-state index in [1.165, 1.54) is 6.07 Å². The Labute approximate surface area is 182 Å². The third kappa shape index (κ3) is 5.41. The Morgan fingerprint density at radius 1 is 1.03 bits per heavy atom. The van der Waals surface area contributed by atoms with Crippen LogP contribution in [0.25, 0.3) is 0 Å². The SMILES string of the molecule is O=C(O)c1ccccc1N/N=C/c1cccc(OCc2c(Cl)ccc(Cl)c2Cl)c1. The number of benzene rings is 3. The molecule has 0 saturated carbocycles. The highest BCUT2D eigenvalue weighted by Gasteiger charge is 2.11. The number of rotatable bonds is 7. The Morgan fingerprint density at radius 2 is 1.79 bits per heavy atom. The van der Waals surface area contributed by atoms with E-state index >= 15 is 0 Å². The van der Waals surface area contributed by atoms with Gasteiger partial charge in [-0.3, -0.25) is 5.43 Å². The predicted molar refractivity (Wildman–Crippen MR) is 117 cm³/mol. The molecule has 0 bridgehead atoms. The smallest absolute Gasteiger partial charge is 0.337 e. The topological polar surface area (TPSA) is 70.9 Å². The molecule has 0 fully saturated rings. The van der Waals surface area contributed by atoms with Gasteiger partial charge in [0.25, 0.3) is 0 Å². The zero-order valence-electron chi connectivity index (χ0n) is 14.9. The maximum Gasteiger partial charge on any atom is 0.337 e. The third-order valence-corrected chi connectivity index (χ3v) is 5.13. The van der Waals surface area contributed by atoms with Gasteiger partial charge in [0.15, 0.2) is 0 Å². The van der Waals surface area contributed by atoms with E-state index in [0.717, 1.165) is 5.56 Å². The number of hydrazone groups is 1. The second kappa shape index (κ2) is 9.65. The molecule has 0 spiro atoms. The summed E-state index contributed by atoms with van der Waals surface area (Å²) >= 11 is 18.4. The van der Waals surface area contributed by atoms with Crippen molar-refractivity contribution in [2.75, 3.05) is 5.43 Å². The molecule has 0 atom stereocenters. The van der Waals surface area contributed by atoms with Crippen molar-refractivity contribution in [2.24, 2.45) is 5.10 Å². The number of ether oxygens (including phenoxy) is 1. The first kappa shape index (κ1) is 21.0. The Kier molecular flexibility index (Phi) is 6.99. The number of anilines is 1. The minimum absolute atomic E-state index is 0.136. The molecule has 0 aromatic heterocycles. The van der Waals surface area contributed by atoms with Crippen LogP contribution in [-0.4, -0.2) is 17.3 Å². The van der Waals surface area contributed by atoms with Crippen molar-refractivity contribution in [1.29, 1.82) is 0 Å². The summed E-state index contributed by atoms with van der Waals surface area (Å²) in [6.07, 6.45) is 1.56. The Balaban J connectivity index is 1.68. The molecule has 29 heavy (non-hydrogen) atoms. The van der Waals surface area contributed by atoms with Crippen molar-refractivity contribution < 1.29 is 14.6 Å². The molecule has 148 valence electrons. The fourth-order valence-electron chi connectivity index (χ4n) is 2.48. The summed E-state index contributed by atoms with van der Waals surface area (Å²) in [7, 11) is 0. The predicted octanol–water partition coefficient (Wildman–Crippen LogP) is 6.37. The number of carbonyl (C=O) groups is 1. The van der Waals surface area contributed by atoms with Crippen molar-refractivity contribution in [3.05, 3.63) is 92.4 Å². The zero-order chi connectivity index (χ0) is 20.8. The molecule has 3 aromatic carbocycles. The molecule has 3 rings (SSSR count).